The first-order chi connectivity index (χ1) is 10.8. The molecule has 0 aliphatic rings. The number of ether oxygens (including phenoxy) is 1. The molecule has 3 rings (SSSR count). The molecule has 0 atom stereocenters. The number of rotatable bonds is 6. The number of aromatic nitrogens is 1. The van der Waals surface area contributed by atoms with E-state index in [0.29, 0.717) is 0 Å². The smallest absolute Gasteiger partial charge is 0.119 e. The number of benzene rings is 2. The Balaban J connectivity index is 1.51. The van der Waals surface area contributed by atoms with Gasteiger partial charge in [0.1, 0.15) is 5.75 Å². The largest absolute Gasteiger partial charge is 0.494 e. The molecular weight excluding hydrogens is 290 g/mol. The van der Waals surface area contributed by atoms with E-state index in [9.17, 15) is 0 Å². The summed E-state index contributed by atoms with van der Waals surface area (Å²) >= 11 is 1.79. The van der Waals surface area contributed by atoms with Crippen molar-refractivity contribution in [2.24, 2.45) is 0 Å². The van der Waals surface area contributed by atoms with Gasteiger partial charge in [0.25, 0.3) is 0 Å². The van der Waals surface area contributed by atoms with Crippen molar-refractivity contribution < 1.29 is 4.74 Å². The van der Waals surface area contributed by atoms with Crippen LogP contribution in [0.5, 0.6) is 5.75 Å². The molecule has 3 heteroatoms. The second-order valence-corrected chi connectivity index (χ2v) is 6.27. The quantitative estimate of drug-likeness (QED) is 0.467. The second-order valence-electron chi connectivity index (χ2n) is 5.16. The third-order valence-electron chi connectivity index (χ3n) is 3.45. The topological polar surface area (TPSA) is 22.1 Å². The third-order valence-corrected chi connectivity index (χ3v) is 4.45. The van der Waals surface area contributed by atoms with E-state index in [1.54, 1.807) is 11.8 Å². The highest BCUT2D eigenvalue weighted by Gasteiger charge is 2.03. The second kappa shape index (κ2) is 7.32. The lowest BCUT2D eigenvalue weighted by Gasteiger charge is -2.07. The van der Waals surface area contributed by atoms with Gasteiger partial charge in [-0.25, -0.2) is 4.98 Å². The Morgan fingerprint density at radius 2 is 1.77 bits per heavy atom. The lowest BCUT2D eigenvalue weighted by molar-refractivity contribution is 0.318. The maximum absolute atomic E-state index is 5.70. The summed E-state index contributed by atoms with van der Waals surface area (Å²) in [7, 11) is 0. The minimum absolute atomic E-state index is 0.740. The lowest BCUT2D eigenvalue weighted by Crippen LogP contribution is -1.98. The molecule has 0 N–H and O–H groups in total. The van der Waals surface area contributed by atoms with Crippen LogP contribution >= 0.6 is 11.8 Å². The van der Waals surface area contributed by atoms with Crippen molar-refractivity contribution in [1.82, 2.24) is 4.98 Å². The van der Waals surface area contributed by atoms with Crippen LogP contribution in [0.3, 0.4) is 0 Å². The van der Waals surface area contributed by atoms with Crippen molar-refractivity contribution in [2.75, 3.05) is 12.4 Å². The van der Waals surface area contributed by atoms with Crippen LogP contribution in [0.15, 0.2) is 65.7 Å². The molecule has 0 spiro atoms. The Labute approximate surface area is 135 Å². The van der Waals surface area contributed by atoms with Crippen LogP contribution in [0.25, 0.3) is 10.9 Å². The molecule has 22 heavy (non-hydrogen) atoms. The first-order valence-electron chi connectivity index (χ1n) is 7.50. The number of para-hydroxylation sites is 2. The van der Waals surface area contributed by atoms with E-state index in [2.05, 4.69) is 31.2 Å². The van der Waals surface area contributed by atoms with Crippen molar-refractivity contribution in [1.29, 1.82) is 0 Å². The van der Waals surface area contributed by atoms with Gasteiger partial charge in [0, 0.05) is 11.1 Å². The number of pyridine rings is 1. The van der Waals surface area contributed by atoms with Gasteiger partial charge >= 0.3 is 0 Å². The van der Waals surface area contributed by atoms with Crippen LogP contribution in [0.2, 0.25) is 0 Å². The zero-order valence-electron chi connectivity index (χ0n) is 12.7. The summed E-state index contributed by atoms with van der Waals surface area (Å²) in [6, 6.07) is 20.4. The molecule has 0 bridgehead atoms. The summed E-state index contributed by atoms with van der Waals surface area (Å²) in [6.45, 7) is 2.89. The van der Waals surface area contributed by atoms with Crippen molar-refractivity contribution in [2.45, 2.75) is 18.4 Å². The van der Waals surface area contributed by atoms with Crippen LogP contribution in [-0.2, 0) is 0 Å². The highest BCUT2D eigenvalue weighted by molar-refractivity contribution is 7.99. The molecule has 0 radical (unpaired) electrons. The highest BCUT2D eigenvalue weighted by Crippen LogP contribution is 2.24. The summed E-state index contributed by atoms with van der Waals surface area (Å²) in [5.74, 6) is 1.95. The van der Waals surface area contributed by atoms with E-state index in [0.717, 1.165) is 35.1 Å². The molecule has 0 fully saturated rings. The minimum atomic E-state index is 0.740. The van der Waals surface area contributed by atoms with Gasteiger partial charge in [-0.2, -0.15) is 0 Å². The van der Waals surface area contributed by atoms with Crippen LogP contribution < -0.4 is 4.74 Å². The summed E-state index contributed by atoms with van der Waals surface area (Å²) in [5.41, 5.74) is 2.36. The molecule has 1 heterocycles. The van der Waals surface area contributed by atoms with Gasteiger partial charge in [-0.3, -0.25) is 0 Å². The number of hydrogen-bond acceptors (Lipinski definition) is 3. The molecule has 0 amide bonds. The fourth-order valence-electron chi connectivity index (χ4n) is 2.33. The highest BCUT2D eigenvalue weighted by atomic mass is 32.2. The first-order valence-corrected chi connectivity index (χ1v) is 8.48. The molecule has 2 aromatic carbocycles. The van der Waals surface area contributed by atoms with Gasteiger partial charge in [-0.15, -0.1) is 11.8 Å². The van der Waals surface area contributed by atoms with Crippen LogP contribution in [0.4, 0.5) is 0 Å². The molecular formula is C19H19NOS. The number of hydrogen-bond donors (Lipinski definition) is 0. The maximum atomic E-state index is 5.70. The number of thioether (sulfide) groups is 1. The fourth-order valence-corrected chi connectivity index (χ4v) is 3.23. The average molecular weight is 309 g/mol. The SMILES string of the molecule is Cc1cc(SCCCOc2ccccc2)nc2ccccc12. The normalized spacial score (nSPS) is 10.8. The van der Waals surface area contributed by atoms with Crippen molar-refractivity contribution in [3.05, 3.63) is 66.2 Å². The Morgan fingerprint density at radius 1 is 1.00 bits per heavy atom. The van der Waals surface area contributed by atoms with Gasteiger partial charge < -0.3 is 4.74 Å². The summed E-state index contributed by atoms with van der Waals surface area (Å²) in [4.78, 5) is 4.71. The summed E-state index contributed by atoms with van der Waals surface area (Å²) < 4.78 is 5.70. The molecule has 0 saturated heterocycles. The van der Waals surface area contributed by atoms with Crippen molar-refractivity contribution in [3.63, 3.8) is 0 Å². The van der Waals surface area contributed by atoms with E-state index in [1.807, 2.05) is 36.4 Å². The number of nitrogens with zero attached hydrogens (tertiary/aromatic N) is 1. The number of fused-ring (bicyclic) bond motifs is 1. The lowest BCUT2D eigenvalue weighted by atomic mass is 10.1. The minimum Gasteiger partial charge on any atom is -0.494 e. The van der Waals surface area contributed by atoms with Gasteiger partial charge in [-0.1, -0.05) is 36.4 Å². The zero-order valence-corrected chi connectivity index (χ0v) is 13.5. The predicted octanol–water partition coefficient (Wildman–Crippen LogP) is 5.10. The summed E-state index contributed by atoms with van der Waals surface area (Å²) in [6.07, 6.45) is 1.01. The van der Waals surface area contributed by atoms with Gasteiger partial charge in [0.05, 0.1) is 17.1 Å². The Kier molecular flexibility index (Phi) is 4.96. The first kappa shape index (κ1) is 14.9. The Bertz CT molecular complexity index is 743. The number of aryl methyl sites for hydroxylation is 1. The molecule has 0 unspecified atom stereocenters. The maximum Gasteiger partial charge on any atom is 0.119 e. The van der Waals surface area contributed by atoms with Gasteiger partial charge in [0.2, 0.25) is 0 Å². The van der Waals surface area contributed by atoms with E-state index >= 15 is 0 Å². The van der Waals surface area contributed by atoms with E-state index in [4.69, 9.17) is 9.72 Å². The van der Waals surface area contributed by atoms with Crippen LogP contribution in [0, 0.1) is 6.92 Å². The molecule has 0 saturated carbocycles. The Hall–Kier alpha value is -2.00. The predicted molar refractivity (Wildman–Crippen MR) is 93.8 cm³/mol. The standard InChI is InChI=1S/C19H19NOS/c1-15-14-19(20-18-11-6-5-10-17(15)18)22-13-7-12-21-16-8-3-2-4-9-16/h2-6,8-11,14H,7,12-13H2,1H3. The zero-order chi connectivity index (χ0) is 15.2. The van der Waals surface area contributed by atoms with E-state index in [-0.39, 0.29) is 0 Å². The molecule has 112 valence electrons. The van der Waals surface area contributed by atoms with E-state index < -0.39 is 0 Å². The fraction of sp³-hybridized carbons (Fsp3) is 0.211. The molecule has 0 aliphatic carbocycles. The van der Waals surface area contributed by atoms with Crippen LogP contribution in [0.1, 0.15) is 12.0 Å². The van der Waals surface area contributed by atoms with Gasteiger partial charge in [0.15, 0.2) is 0 Å². The van der Waals surface area contributed by atoms with E-state index in [1.165, 1.54) is 10.9 Å². The van der Waals surface area contributed by atoms with Crippen LogP contribution in [-0.4, -0.2) is 17.3 Å². The van der Waals surface area contributed by atoms with Crippen molar-refractivity contribution >= 4 is 22.7 Å². The molecule has 1 aromatic heterocycles. The van der Waals surface area contributed by atoms with Crippen molar-refractivity contribution in [3.8, 4) is 5.75 Å². The summed E-state index contributed by atoms with van der Waals surface area (Å²) in [5, 5.41) is 2.33. The molecule has 3 aromatic rings. The third kappa shape index (κ3) is 3.80. The Morgan fingerprint density at radius 3 is 2.64 bits per heavy atom. The van der Waals surface area contributed by atoms with Gasteiger partial charge in [-0.05, 0) is 43.2 Å². The average Bonchev–Trinajstić information content (AvgIpc) is 2.56. The molecule has 2 nitrogen and oxygen atoms in total. The molecule has 0 aliphatic heterocycles. The monoisotopic (exact) mass is 309 g/mol.